The standard InChI is InChI=1S/C20H35N3O.2ClH/c24-20(14-15-12-17-6-7-18(13-15)21-17)22-16-8-10-23(11-9-16)19-4-2-1-3-5-19;;/h15-19,21H,1-14H2,(H,22,24);2*1H. The van der Waals surface area contributed by atoms with Gasteiger partial charge in [0.05, 0.1) is 0 Å². The first kappa shape index (κ1) is 22.3. The summed E-state index contributed by atoms with van der Waals surface area (Å²) in [6.07, 6.45) is 15.2. The van der Waals surface area contributed by atoms with Crippen LogP contribution in [0.2, 0.25) is 0 Å². The molecule has 4 rings (SSSR count). The molecule has 3 aliphatic heterocycles. The Labute approximate surface area is 171 Å². The zero-order valence-corrected chi connectivity index (χ0v) is 17.6. The lowest BCUT2D eigenvalue weighted by molar-refractivity contribution is -0.123. The van der Waals surface area contributed by atoms with Crippen LogP contribution in [0, 0.1) is 5.92 Å². The average Bonchev–Trinajstić information content (AvgIpc) is 2.95. The van der Waals surface area contributed by atoms with E-state index in [1.54, 1.807) is 0 Å². The molecule has 0 spiro atoms. The Balaban J connectivity index is 0.00000121. The van der Waals surface area contributed by atoms with Gasteiger partial charge < -0.3 is 15.5 Å². The Morgan fingerprint density at radius 2 is 1.50 bits per heavy atom. The maximum Gasteiger partial charge on any atom is 0.220 e. The van der Waals surface area contributed by atoms with Gasteiger partial charge in [-0.1, -0.05) is 19.3 Å². The second kappa shape index (κ2) is 10.5. The molecule has 2 bridgehead atoms. The van der Waals surface area contributed by atoms with E-state index in [0.717, 1.165) is 25.3 Å². The maximum absolute atomic E-state index is 12.5. The molecule has 0 aromatic heterocycles. The third-order valence-corrected chi connectivity index (χ3v) is 7.03. The first-order valence-electron chi connectivity index (χ1n) is 10.6. The molecule has 2 N–H and O–H groups in total. The maximum atomic E-state index is 12.5. The number of nitrogens with one attached hydrogen (secondary N) is 2. The van der Waals surface area contributed by atoms with Crippen molar-refractivity contribution in [2.45, 2.75) is 101 Å². The molecule has 2 atom stereocenters. The SMILES string of the molecule is Cl.Cl.O=C(CC1CC2CCC(C1)N2)NC1CCN(C2CCCCC2)CC1. The van der Waals surface area contributed by atoms with Gasteiger partial charge in [-0.05, 0) is 57.3 Å². The molecule has 0 aromatic rings. The lowest BCUT2D eigenvalue weighted by Gasteiger charge is -2.39. The van der Waals surface area contributed by atoms with Crippen LogP contribution in [0.5, 0.6) is 0 Å². The summed E-state index contributed by atoms with van der Waals surface area (Å²) < 4.78 is 0. The van der Waals surface area contributed by atoms with Crippen molar-refractivity contribution in [3.05, 3.63) is 0 Å². The zero-order valence-electron chi connectivity index (χ0n) is 16.0. The summed E-state index contributed by atoms with van der Waals surface area (Å²) in [5, 5.41) is 7.03. The third kappa shape index (κ3) is 5.73. The number of piperidine rings is 2. The highest BCUT2D eigenvalue weighted by Gasteiger charge is 2.34. The molecule has 2 unspecified atom stereocenters. The monoisotopic (exact) mass is 405 g/mol. The van der Waals surface area contributed by atoms with Crippen LogP contribution >= 0.6 is 24.8 Å². The molecule has 1 aliphatic carbocycles. The van der Waals surface area contributed by atoms with E-state index in [1.807, 2.05) is 0 Å². The molecule has 4 aliphatic rings. The van der Waals surface area contributed by atoms with Crippen LogP contribution in [0.3, 0.4) is 0 Å². The normalized spacial score (nSPS) is 33.2. The summed E-state index contributed by atoms with van der Waals surface area (Å²) in [5.41, 5.74) is 0. The van der Waals surface area contributed by atoms with Crippen molar-refractivity contribution < 1.29 is 4.79 Å². The lowest BCUT2D eigenvalue weighted by atomic mass is 9.89. The molecule has 0 aromatic carbocycles. The Kier molecular flexibility index (Phi) is 8.99. The van der Waals surface area contributed by atoms with Gasteiger partial charge in [0.15, 0.2) is 0 Å². The zero-order chi connectivity index (χ0) is 16.4. The number of rotatable bonds is 4. The number of likely N-dealkylation sites (tertiary alicyclic amines) is 1. The molecule has 4 nitrogen and oxygen atoms in total. The van der Waals surface area contributed by atoms with Gasteiger partial charge in [0.2, 0.25) is 5.91 Å². The molecule has 4 fully saturated rings. The van der Waals surface area contributed by atoms with Gasteiger partial charge in [0.1, 0.15) is 0 Å². The number of hydrogen-bond donors (Lipinski definition) is 2. The smallest absolute Gasteiger partial charge is 0.220 e. The van der Waals surface area contributed by atoms with Crippen LogP contribution in [-0.2, 0) is 4.79 Å². The van der Waals surface area contributed by atoms with Gasteiger partial charge in [-0.2, -0.15) is 0 Å². The molecule has 6 heteroatoms. The molecule has 0 radical (unpaired) electrons. The van der Waals surface area contributed by atoms with E-state index in [0.29, 0.717) is 30.0 Å². The van der Waals surface area contributed by atoms with Gasteiger partial charge in [-0.25, -0.2) is 0 Å². The number of amides is 1. The van der Waals surface area contributed by atoms with Crippen molar-refractivity contribution >= 4 is 30.7 Å². The highest BCUT2D eigenvalue weighted by molar-refractivity contribution is 5.85. The predicted molar refractivity (Wildman–Crippen MR) is 111 cm³/mol. The number of carbonyl (C=O) groups excluding carboxylic acids is 1. The number of fused-ring (bicyclic) bond motifs is 2. The molecular formula is C20H37Cl2N3O. The van der Waals surface area contributed by atoms with E-state index in [9.17, 15) is 4.79 Å². The van der Waals surface area contributed by atoms with Gasteiger partial charge in [-0.3, -0.25) is 4.79 Å². The summed E-state index contributed by atoms with van der Waals surface area (Å²) in [4.78, 5) is 15.2. The summed E-state index contributed by atoms with van der Waals surface area (Å²) in [5.74, 6) is 0.934. The minimum atomic E-state index is 0. The molecule has 3 heterocycles. The Morgan fingerprint density at radius 3 is 2.12 bits per heavy atom. The molecular weight excluding hydrogens is 369 g/mol. The Bertz CT molecular complexity index is 425. The van der Waals surface area contributed by atoms with Crippen molar-refractivity contribution in [2.75, 3.05) is 13.1 Å². The average molecular weight is 406 g/mol. The summed E-state index contributed by atoms with van der Waals surface area (Å²) >= 11 is 0. The quantitative estimate of drug-likeness (QED) is 0.749. The van der Waals surface area contributed by atoms with Crippen molar-refractivity contribution in [1.82, 2.24) is 15.5 Å². The fourth-order valence-corrected chi connectivity index (χ4v) is 5.75. The number of hydrogen-bond acceptors (Lipinski definition) is 3. The summed E-state index contributed by atoms with van der Waals surface area (Å²) in [7, 11) is 0. The number of halogens is 2. The molecule has 1 amide bonds. The van der Waals surface area contributed by atoms with Crippen LogP contribution in [0.4, 0.5) is 0 Å². The van der Waals surface area contributed by atoms with Gasteiger partial charge in [0, 0.05) is 43.7 Å². The minimum Gasteiger partial charge on any atom is -0.353 e. The highest BCUT2D eigenvalue weighted by Crippen LogP contribution is 2.32. The largest absolute Gasteiger partial charge is 0.353 e. The highest BCUT2D eigenvalue weighted by atomic mass is 35.5. The topological polar surface area (TPSA) is 44.4 Å². The second-order valence-corrected chi connectivity index (χ2v) is 8.85. The summed E-state index contributed by atoms with van der Waals surface area (Å²) in [6.45, 7) is 2.38. The molecule has 3 saturated heterocycles. The van der Waals surface area contributed by atoms with Gasteiger partial charge in [0.25, 0.3) is 0 Å². The van der Waals surface area contributed by atoms with Crippen molar-refractivity contribution in [2.24, 2.45) is 5.92 Å². The first-order valence-corrected chi connectivity index (χ1v) is 10.6. The first-order chi connectivity index (χ1) is 11.8. The predicted octanol–water partition coefficient (Wildman–Crippen LogP) is 3.66. The van der Waals surface area contributed by atoms with E-state index in [2.05, 4.69) is 15.5 Å². The van der Waals surface area contributed by atoms with Crippen molar-refractivity contribution in [1.29, 1.82) is 0 Å². The molecule has 26 heavy (non-hydrogen) atoms. The molecule has 152 valence electrons. The Hall–Kier alpha value is -0.0300. The van der Waals surface area contributed by atoms with E-state index < -0.39 is 0 Å². The van der Waals surface area contributed by atoms with Gasteiger partial charge in [-0.15, -0.1) is 24.8 Å². The van der Waals surface area contributed by atoms with Crippen molar-refractivity contribution in [3.8, 4) is 0 Å². The van der Waals surface area contributed by atoms with E-state index >= 15 is 0 Å². The fourth-order valence-electron chi connectivity index (χ4n) is 5.75. The van der Waals surface area contributed by atoms with E-state index in [1.165, 1.54) is 70.9 Å². The summed E-state index contributed by atoms with van der Waals surface area (Å²) in [6, 6.07) is 2.65. The van der Waals surface area contributed by atoms with Crippen LogP contribution in [0.1, 0.15) is 77.0 Å². The van der Waals surface area contributed by atoms with Crippen LogP contribution < -0.4 is 10.6 Å². The third-order valence-electron chi connectivity index (χ3n) is 7.03. The van der Waals surface area contributed by atoms with Gasteiger partial charge >= 0.3 is 0 Å². The fraction of sp³-hybridized carbons (Fsp3) is 0.950. The van der Waals surface area contributed by atoms with Crippen LogP contribution in [0.15, 0.2) is 0 Å². The van der Waals surface area contributed by atoms with Crippen molar-refractivity contribution in [3.63, 3.8) is 0 Å². The Morgan fingerprint density at radius 1 is 0.885 bits per heavy atom. The van der Waals surface area contributed by atoms with E-state index in [-0.39, 0.29) is 24.8 Å². The van der Waals surface area contributed by atoms with Crippen LogP contribution in [-0.4, -0.2) is 48.1 Å². The number of carbonyl (C=O) groups is 1. The number of nitrogens with zero attached hydrogens (tertiary/aromatic N) is 1. The molecule has 1 saturated carbocycles. The van der Waals surface area contributed by atoms with Crippen LogP contribution in [0.25, 0.3) is 0 Å². The lowest BCUT2D eigenvalue weighted by Crippen LogP contribution is -2.49. The van der Waals surface area contributed by atoms with E-state index in [4.69, 9.17) is 0 Å². The second-order valence-electron chi connectivity index (χ2n) is 8.85. The minimum absolute atomic E-state index is 0.